The summed E-state index contributed by atoms with van der Waals surface area (Å²) >= 11 is -8.38. The molecule has 0 bridgehead atoms. The SMILES string of the molecule is CCC[N-]CCC.CCC[N-]CCC.CCC[N-]CCC.F[C](F)(F)[Ge]([c-]1cccc1)([C](F)(F)F)[C](F)(F)F.[Hf+4]. The summed E-state index contributed by atoms with van der Waals surface area (Å²) < 4.78 is 111. The zero-order chi connectivity index (χ0) is 31.0. The fourth-order valence-electron chi connectivity index (χ4n) is 2.88. The maximum Gasteiger partial charge on any atom is 4.00 e. The molecule has 236 valence electrons. The van der Waals surface area contributed by atoms with Gasteiger partial charge in [-0.05, 0) is 0 Å². The van der Waals surface area contributed by atoms with E-state index in [1.54, 1.807) is 0 Å². The summed E-state index contributed by atoms with van der Waals surface area (Å²) in [7, 11) is 0. The summed E-state index contributed by atoms with van der Waals surface area (Å²) in [6.07, 6.45) is 7.17. The molecule has 0 aromatic heterocycles. The second-order valence-electron chi connectivity index (χ2n) is 8.43. The molecule has 0 unspecified atom stereocenters. The molecule has 40 heavy (non-hydrogen) atoms. The van der Waals surface area contributed by atoms with Gasteiger partial charge < -0.3 is 16.0 Å². The molecule has 0 aliphatic rings. The van der Waals surface area contributed by atoms with Gasteiger partial charge in [0.05, 0.1) is 0 Å². The average Bonchev–Trinajstić information content (AvgIpc) is 3.33. The van der Waals surface area contributed by atoms with Gasteiger partial charge >= 0.3 is 122 Å². The van der Waals surface area contributed by atoms with E-state index in [0.29, 0.717) is 0 Å². The largest absolute Gasteiger partial charge is 4.00 e. The Labute approximate surface area is 256 Å². The Morgan fingerprint density at radius 3 is 0.825 bits per heavy atom. The molecule has 1 aromatic rings. The zero-order valence-electron chi connectivity index (χ0n) is 24.5. The first-order chi connectivity index (χ1) is 18.1. The van der Waals surface area contributed by atoms with Crippen molar-refractivity contribution in [3.8, 4) is 0 Å². The fraction of sp³-hybridized carbons (Fsp3) is 0.808. The van der Waals surface area contributed by atoms with Crippen LogP contribution < -0.4 is 4.40 Å². The maximum absolute atomic E-state index is 12.6. The van der Waals surface area contributed by atoms with Crippen molar-refractivity contribution in [2.75, 3.05) is 39.3 Å². The first-order valence-corrected chi connectivity index (χ1v) is 17.6. The molecule has 0 radical (unpaired) electrons. The molecule has 14 heteroatoms. The van der Waals surface area contributed by atoms with Crippen LogP contribution in [-0.4, -0.2) is 67.6 Å². The van der Waals surface area contributed by atoms with Crippen molar-refractivity contribution in [3.05, 3.63) is 40.2 Å². The molecule has 1 aromatic carbocycles. The Morgan fingerprint density at radius 1 is 0.475 bits per heavy atom. The minimum absolute atomic E-state index is 0. The van der Waals surface area contributed by atoms with Gasteiger partial charge in [-0.1, -0.05) is 80.1 Å². The van der Waals surface area contributed by atoms with Crippen molar-refractivity contribution in [3.63, 3.8) is 0 Å². The van der Waals surface area contributed by atoms with E-state index in [2.05, 4.69) is 57.5 Å². The van der Waals surface area contributed by atoms with Gasteiger partial charge in [-0.2, -0.15) is 0 Å². The van der Waals surface area contributed by atoms with Crippen LogP contribution in [0, 0.1) is 0 Å². The molecular weight excluding hydrogens is 776 g/mol. The Morgan fingerprint density at radius 2 is 0.675 bits per heavy atom. The van der Waals surface area contributed by atoms with Crippen LogP contribution in [0.5, 0.6) is 0 Å². The minimum Gasteiger partial charge on any atom is 4.00 e. The number of hydrogen-bond donors (Lipinski definition) is 0. The zero-order valence-corrected chi connectivity index (χ0v) is 30.2. The van der Waals surface area contributed by atoms with Gasteiger partial charge in [0, 0.05) is 0 Å². The van der Waals surface area contributed by atoms with Gasteiger partial charge in [-0.15, -0.1) is 39.3 Å². The van der Waals surface area contributed by atoms with Gasteiger partial charge in [0.15, 0.2) is 0 Å². The molecule has 1 rings (SSSR count). The smallest absolute Gasteiger partial charge is 4.00 e. The molecule has 0 saturated carbocycles. The molecule has 0 spiro atoms. The Hall–Kier alpha value is 0.0130. The van der Waals surface area contributed by atoms with Crippen LogP contribution in [0.25, 0.3) is 16.0 Å². The second kappa shape index (κ2) is 26.6. The molecule has 0 heterocycles. The van der Waals surface area contributed by atoms with Crippen LogP contribution >= 0.6 is 0 Å². The van der Waals surface area contributed by atoms with E-state index in [1.165, 1.54) is 38.5 Å². The number of alkyl halides is 9. The molecule has 0 fully saturated rings. The predicted molar refractivity (Wildman–Crippen MR) is 147 cm³/mol. The normalized spacial score (nSPS) is 11.7. The molecule has 0 N–H and O–H groups in total. The molecule has 0 atom stereocenters. The van der Waals surface area contributed by atoms with E-state index in [9.17, 15) is 39.5 Å². The molecule has 0 aliphatic carbocycles. The molecular formula is C26H46F9GeHfN3. The van der Waals surface area contributed by atoms with E-state index < -0.39 is 32.7 Å². The van der Waals surface area contributed by atoms with Crippen molar-refractivity contribution in [2.24, 2.45) is 0 Å². The van der Waals surface area contributed by atoms with Crippen molar-refractivity contribution in [1.29, 1.82) is 0 Å². The van der Waals surface area contributed by atoms with Crippen molar-refractivity contribution < 1.29 is 65.4 Å². The van der Waals surface area contributed by atoms with Crippen LogP contribution in [0.4, 0.5) is 39.5 Å². The van der Waals surface area contributed by atoms with Crippen LogP contribution in [-0.2, 0) is 25.8 Å². The van der Waals surface area contributed by atoms with Gasteiger partial charge in [0.1, 0.15) is 0 Å². The topological polar surface area (TPSA) is 42.3 Å². The summed E-state index contributed by atoms with van der Waals surface area (Å²) in [4.78, 5) is 0. The van der Waals surface area contributed by atoms with Gasteiger partial charge in [0.25, 0.3) is 0 Å². The molecule has 0 saturated heterocycles. The van der Waals surface area contributed by atoms with Gasteiger partial charge in [-0.25, -0.2) is 0 Å². The first kappa shape index (κ1) is 47.0. The van der Waals surface area contributed by atoms with E-state index in [1.807, 2.05) is 0 Å². The third-order valence-electron chi connectivity index (χ3n) is 4.66. The molecule has 0 aliphatic heterocycles. The van der Waals surface area contributed by atoms with Gasteiger partial charge in [0.2, 0.25) is 0 Å². The molecule has 0 amide bonds. The quantitative estimate of drug-likeness (QED) is 0.0824. The third kappa shape index (κ3) is 19.2. The summed E-state index contributed by atoms with van der Waals surface area (Å²) in [6.45, 7) is 19.2. The van der Waals surface area contributed by atoms with Crippen LogP contribution in [0.3, 0.4) is 0 Å². The van der Waals surface area contributed by atoms with E-state index in [-0.39, 0.29) is 38.0 Å². The summed E-state index contributed by atoms with van der Waals surface area (Å²) in [5.41, 5.74) is 0. The van der Waals surface area contributed by atoms with E-state index in [4.69, 9.17) is 0 Å². The van der Waals surface area contributed by atoms with Gasteiger partial charge in [-0.3, -0.25) is 0 Å². The van der Waals surface area contributed by atoms with E-state index in [0.717, 1.165) is 51.4 Å². The average molecular weight is 823 g/mol. The van der Waals surface area contributed by atoms with Crippen molar-refractivity contribution in [2.45, 2.75) is 95.1 Å². The van der Waals surface area contributed by atoms with Crippen LogP contribution in [0.15, 0.2) is 24.3 Å². The second-order valence-corrected chi connectivity index (χ2v) is 16.4. The number of rotatable bonds is 13. The van der Waals surface area contributed by atoms with Crippen molar-refractivity contribution >= 4 is 17.7 Å². The first-order valence-electron chi connectivity index (χ1n) is 13.4. The monoisotopic (exact) mass is 825 g/mol. The van der Waals surface area contributed by atoms with Crippen LogP contribution in [0.1, 0.15) is 80.1 Å². The number of hydrogen-bond acceptors (Lipinski definition) is 0. The predicted octanol–water partition coefficient (Wildman–Crippen LogP) is 9.90. The number of nitrogens with zero attached hydrogens (tertiary/aromatic N) is 3. The van der Waals surface area contributed by atoms with Crippen LogP contribution in [0.2, 0.25) is 0 Å². The number of halogens is 9. The maximum atomic E-state index is 12.6. The molecule has 3 nitrogen and oxygen atoms in total. The Kier molecular flexibility index (Phi) is 31.3. The summed E-state index contributed by atoms with van der Waals surface area (Å²) in [6, 6.07) is 1.90. The summed E-state index contributed by atoms with van der Waals surface area (Å²) in [5, 5.41) is -6.44. The summed E-state index contributed by atoms with van der Waals surface area (Å²) in [5.74, 6) is 0. The third-order valence-corrected chi connectivity index (χ3v) is 12.5. The minimum atomic E-state index is -8.38. The van der Waals surface area contributed by atoms with E-state index >= 15 is 0 Å². The Bertz CT molecular complexity index is 567. The fourth-order valence-corrected chi connectivity index (χ4v) is 8.42. The standard InChI is InChI=1S/C8H4F9Ge.3C6H14N.Hf/c9-6(10,11)18(7(12,13)14,8(15,16)17)5-3-1-2-4-5;3*1-3-5-7-6-4-2;/h1-4H;3*3-6H2,1-2H3;/q4*-1;+4. The van der Waals surface area contributed by atoms with Crippen molar-refractivity contribution in [1.82, 2.24) is 0 Å². The Balaban J connectivity index is -0.000000245.